The molecule has 2 aliphatic heterocycles. The van der Waals surface area contributed by atoms with Crippen LogP contribution in [0.15, 0.2) is 52.7 Å². The number of esters is 1. The lowest BCUT2D eigenvalue weighted by molar-refractivity contribution is -0.155. The van der Waals surface area contributed by atoms with Crippen molar-refractivity contribution >= 4 is 18.0 Å². The number of ether oxygens (including phenoxy) is 1. The number of amidine groups is 1. The van der Waals surface area contributed by atoms with Crippen molar-refractivity contribution < 1.29 is 9.53 Å². The zero-order valence-electron chi connectivity index (χ0n) is 15.3. The minimum absolute atomic E-state index is 0.0213. The third-order valence-corrected chi connectivity index (χ3v) is 5.98. The highest BCUT2D eigenvalue weighted by atomic mass is 16.5. The number of hydrogen-bond acceptors (Lipinski definition) is 5. The van der Waals surface area contributed by atoms with Gasteiger partial charge in [-0.2, -0.15) is 0 Å². The minimum Gasteiger partial charge on any atom is -0.466 e. The average Bonchev–Trinajstić information content (AvgIpc) is 2.62. The molecule has 3 aliphatic rings. The summed E-state index contributed by atoms with van der Waals surface area (Å²) in [6, 6.07) is 10.6. The molecule has 2 heterocycles. The molecule has 0 spiro atoms. The molecule has 136 valence electrons. The number of aliphatic imine (C=N–C) groups is 2. The normalized spacial score (nSPS) is 32.5. The van der Waals surface area contributed by atoms with Crippen LogP contribution < -0.4 is 0 Å². The van der Waals surface area contributed by atoms with E-state index in [0.717, 1.165) is 25.1 Å². The van der Waals surface area contributed by atoms with Crippen molar-refractivity contribution in [3.8, 4) is 0 Å². The van der Waals surface area contributed by atoms with E-state index in [0.29, 0.717) is 6.61 Å². The maximum Gasteiger partial charge on any atom is 0.309 e. The van der Waals surface area contributed by atoms with Gasteiger partial charge in [-0.05, 0) is 44.6 Å². The van der Waals surface area contributed by atoms with Crippen molar-refractivity contribution in [2.45, 2.75) is 44.7 Å². The molecule has 26 heavy (non-hydrogen) atoms. The Hall–Kier alpha value is -2.43. The predicted molar refractivity (Wildman–Crippen MR) is 102 cm³/mol. The maximum absolute atomic E-state index is 12.3. The Labute approximate surface area is 154 Å². The van der Waals surface area contributed by atoms with Crippen LogP contribution in [-0.4, -0.2) is 35.6 Å². The van der Waals surface area contributed by atoms with Gasteiger partial charge in [-0.25, -0.2) is 0 Å². The van der Waals surface area contributed by atoms with Gasteiger partial charge in [0.15, 0.2) is 0 Å². The van der Waals surface area contributed by atoms with Crippen LogP contribution in [0, 0.1) is 11.8 Å². The second-order valence-corrected chi connectivity index (χ2v) is 7.44. The van der Waals surface area contributed by atoms with Crippen LogP contribution in [0.4, 0.5) is 0 Å². The van der Waals surface area contributed by atoms with Gasteiger partial charge in [0.2, 0.25) is 0 Å². The summed E-state index contributed by atoms with van der Waals surface area (Å²) in [5.74, 6) is 1.05. The summed E-state index contributed by atoms with van der Waals surface area (Å²) in [6.45, 7) is 4.56. The number of rotatable bonds is 4. The molecule has 1 fully saturated rings. The van der Waals surface area contributed by atoms with Gasteiger partial charge in [-0.3, -0.25) is 14.8 Å². The van der Waals surface area contributed by atoms with Crippen molar-refractivity contribution in [1.82, 2.24) is 4.90 Å². The van der Waals surface area contributed by atoms with Gasteiger partial charge in [0.1, 0.15) is 5.84 Å². The largest absolute Gasteiger partial charge is 0.466 e. The van der Waals surface area contributed by atoms with E-state index in [1.807, 2.05) is 31.6 Å². The number of fused-ring (bicyclic) bond motifs is 1. The van der Waals surface area contributed by atoms with Crippen LogP contribution in [0.2, 0.25) is 0 Å². The Kier molecular flexibility index (Phi) is 4.39. The summed E-state index contributed by atoms with van der Waals surface area (Å²) >= 11 is 0. The second-order valence-electron chi connectivity index (χ2n) is 7.44. The molecule has 4 atom stereocenters. The number of hydrogen-bond donors (Lipinski definition) is 0. The molecule has 1 aromatic carbocycles. The SMILES string of the molecule is CCOC(=O)C1CCC1C1CC(C)(c2ccccc2)N2C=CN=CC2=N1. The first-order chi connectivity index (χ1) is 12.6. The molecule has 0 N–H and O–H groups in total. The van der Waals surface area contributed by atoms with E-state index in [2.05, 4.69) is 41.1 Å². The van der Waals surface area contributed by atoms with Gasteiger partial charge in [-0.1, -0.05) is 30.3 Å². The van der Waals surface area contributed by atoms with Crippen molar-refractivity contribution in [1.29, 1.82) is 0 Å². The molecule has 1 aliphatic carbocycles. The third-order valence-electron chi connectivity index (χ3n) is 5.98. The average molecular weight is 351 g/mol. The summed E-state index contributed by atoms with van der Waals surface area (Å²) in [4.78, 5) is 23.7. The Bertz CT molecular complexity index is 771. The van der Waals surface area contributed by atoms with E-state index in [4.69, 9.17) is 9.73 Å². The Balaban J connectivity index is 1.67. The standard InChI is InChI=1S/C21H25N3O2/c1-3-26-20(25)17-10-9-16(17)18-13-21(2,15-7-5-4-6-8-15)24-12-11-22-14-19(24)23-18/h4-8,11-12,14,16-18H,3,9-10,13H2,1-2H3. The van der Waals surface area contributed by atoms with Gasteiger partial charge in [-0.15, -0.1) is 0 Å². The van der Waals surface area contributed by atoms with Crippen LogP contribution in [-0.2, 0) is 15.1 Å². The number of nitrogens with zero attached hydrogens (tertiary/aromatic N) is 3. The van der Waals surface area contributed by atoms with Crippen LogP contribution >= 0.6 is 0 Å². The molecular formula is C21H25N3O2. The monoisotopic (exact) mass is 351 g/mol. The molecule has 0 aromatic heterocycles. The van der Waals surface area contributed by atoms with Crippen LogP contribution in [0.3, 0.4) is 0 Å². The fraction of sp³-hybridized carbons (Fsp3) is 0.476. The highest BCUT2D eigenvalue weighted by Crippen LogP contribution is 2.46. The quantitative estimate of drug-likeness (QED) is 0.780. The number of carbonyl (C=O) groups excluding carboxylic acids is 1. The molecule has 0 amide bonds. The lowest BCUT2D eigenvalue weighted by Crippen LogP contribution is -2.54. The number of carbonyl (C=O) groups is 1. The van der Waals surface area contributed by atoms with Crippen molar-refractivity contribution in [2.75, 3.05) is 6.61 Å². The lowest BCUT2D eigenvalue weighted by atomic mass is 9.66. The molecule has 0 bridgehead atoms. The maximum atomic E-state index is 12.3. The van der Waals surface area contributed by atoms with Crippen molar-refractivity contribution in [3.05, 3.63) is 48.3 Å². The van der Waals surface area contributed by atoms with Gasteiger partial charge in [0, 0.05) is 12.4 Å². The van der Waals surface area contributed by atoms with E-state index >= 15 is 0 Å². The van der Waals surface area contributed by atoms with E-state index in [1.54, 1.807) is 0 Å². The fourth-order valence-electron chi connectivity index (χ4n) is 4.42. The minimum atomic E-state index is -0.208. The first kappa shape index (κ1) is 17.0. The van der Waals surface area contributed by atoms with E-state index in [-0.39, 0.29) is 29.4 Å². The first-order valence-electron chi connectivity index (χ1n) is 9.42. The second kappa shape index (κ2) is 6.71. The van der Waals surface area contributed by atoms with Gasteiger partial charge in [0.05, 0.1) is 30.3 Å². The summed E-state index contributed by atoms with van der Waals surface area (Å²) in [5, 5.41) is 0. The summed E-state index contributed by atoms with van der Waals surface area (Å²) in [6.07, 6.45) is 8.45. The topological polar surface area (TPSA) is 54.3 Å². The summed E-state index contributed by atoms with van der Waals surface area (Å²) < 4.78 is 5.27. The van der Waals surface area contributed by atoms with E-state index in [1.165, 1.54) is 5.56 Å². The lowest BCUT2D eigenvalue weighted by Gasteiger charge is -2.50. The summed E-state index contributed by atoms with van der Waals surface area (Å²) in [7, 11) is 0. The van der Waals surface area contributed by atoms with Crippen LogP contribution in [0.25, 0.3) is 0 Å². The molecule has 5 heteroatoms. The molecule has 5 nitrogen and oxygen atoms in total. The van der Waals surface area contributed by atoms with Crippen molar-refractivity contribution in [3.63, 3.8) is 0 Å². The molecule has 4 rings (SSSR count). The Morgan fingerprint density at radius 1 is 1.31 bits per heavy atom. The van der Waals surface area contributed by atoms with Gasteiger partial charge >= 0.3 is 5.97 Å². The molecule has 1 aromatic rings. The van der Waals surface area contributed by atoms with Crippen molar-refractivity contribution in [2.24, 2.45) is 21.8 Å². The molecule has 0 radical (unpaired) electrons. The van der Waals surface area contributed by atoms with Gasteiger partial charge < -0.3 is 9.64 Å². The molecular weight excluding hydrogens is 326 g/mol. The highest BCUT2D eigenvalue weighted by Gasteiger charge is 2.49. The van der Waals surface area contributed by atoms with E-state index < -0.39 is 0 Å². The Morgan fingerprint density at radius 2 is 2.12 bits per heavy atom. The van der Waals surface area contributed by atoms with Crippen LogP contribution in [0.1, 0.15) is 38.7 Å². The third kappa shape index (κ3) is 2.75. The molecule has 0 saturated heterocycles. The van der Waals surface area contributed by atoms with Crippen LogP contribution in [0.5, 0.6) is 0 Å². The summed E-state index contributed by atoms with van der Waals surface area (Å²) in [5.41, 5.74) is 1.05. The van der Waals surface area contributed by atoms with Gasteiger partial charge in [0.25, 0.3) is 0 Å². The van der Waals surface area contributed by atoms with E-state index in [9.17, 15) is 4.79 Å². The molecule has 4 unspecified atom stereocenters. The fourth-order valence-corrected chi connectivity index (χ4v) is 4.42. The zero-order valence-corrected chi connectivity index (χ0v) is 15.3. The predicted octanol–water partition coefficient (Wildman–Crippen LogP) is 3.52. The molecule has 1 saturated carbocycles. The number of benzene rings is 1. The smallest absolute Gasteiger partial charge is 0.309 e. The Morgan fingerprint density at radius 3 is 2.81 bits per heavy atom. The first-order valence-corrected chi connectivity index (χ1v) is 9.42. The zero-order chi connectivity index (χ0) is 18.1. The highest BCUT2D eigenvalue weighted by molar-refractivity contribution is 6.30.